The lowest BCUT2D eigenvalue weighted by Gasteiger charge is -1.95. The summed E-state index contributed by atoms with van der Waals surface area (Å²) in [7, 11) is 0. The SMILES string of the molecule is O=C(CCl)OCCCl. The first-order valence-corrected chi connectivity index (χ1v) is 3.15. The van der Waals surface area contributed by atoms with Crippen LogP contribution in [0.25, 0.3) is 0 Å². The van der Waals surface area contributed by atoms with Crippen LogP contribution in [0, 0.1) is 0 Å². The van der Waals surface area contributed by atoms with Crippen LogP contribution < -0.4 is 0 Å². The van der Waals surface area contributed by atoms with Gasteiger partial charge >= 0.3 is 5.97 Å². The van der Waals surface area contributed by atoms with E-state index in [4.69, 9.17) is 23.2 Å². The molecule has 48 valence electrons. The van der Waals surface area contributed by atoms with Crippen LogP contribution in [-0.4, -0.2) is 24.3 Å². The summed E-state index contributed by atoms with van der Waals surface area (Å²) >= 11 is 10.3. The molecule has 0 spiro atoms. The lowest BCUT2D eigenvalue weighted by atomic mass is 10.8. The quantitative estimate of drug-likeness (QED) is 0.451. The van der Waals surface area contributed by atoms with Crippen molar-refractivity contribution in [3.63, 3.8) is 0 Å². The molecule has 2 nitrogen and oxygen atoms in total. The van der Waals surface area contributed by atoms with Crippen LogP contribution >= 0.6 is 23.2 Å². The number of ether oxygens (including phenoxy) is 1. The molecule has 0 rings (SSSR count). The summed E-state index contributed by atoms with van der Waals surface area (Å²) in [6.07, 6.45) is 0. The van der Waals surface area contributed by atoms with Gasteiger partial charge in [0.2, 0.25) is 0 Å². The van der Waals surface area contributed by atoms with E-state index in [1.165, 1.54) is 0 Å². The monoisotopic (exact) mass is 156 g/mol. The molecule has 0 bridgehead atoms. The van der Waals surface area contributed by atoms with Gasteiger partial charge in [-0.1, -0.05) is 0 Å². The van der Waals surface area contributed by atoms with Gasteiger partial charge in [-0.15, -0.1) is 23.2 Å². The number of hydrogen-bond donors (Lipinski definition) is 0. The van der Waals surface area contributed by atoms with Gasteiger partial charge in [-0.05, 0) is 0 Å². The van der Waals surface area contributed by atoms with Crippen LogP contribution in [0.4, 0.5) is 0 Å². The number of esters is 1. The van der Waals surface area contributed by atoms with E-state index in [-0.39, 0.29) is 12.5 Å². The molecule has 0 unspecified atom stereocenters. The molecule has 0 amide bonds. The first-order chi connectivity index (χ1) is 3.81. The van der Waals surface area contributed by atoms with E-state index >= 15 is 0 Å². The Morgan fingerprint density at radius 3 is 2.50 bits per heavy atom. The summed E-state index contributed by atoms with van der Waals surface area (Å²) in [4.78, 5) is 10.2. The highest BCUT2D eigenvalue weighted by atomic mass is 35.5. The number of carbonyl (C=O) groups excluding carboxylic acids is 1. The molecule has 0 aromatic heterocycles. The first-order valence-electron chi connectivity index (χ1n) is 2.08. The number of rotatable bonds is 3. The highest BCUT2D eigenvalue weighted by molar-refractivity contribution is 6.26. The summed E-state index contributed by atoms with van der Waals surface area (Å²) in [5, 5.41) is 0. The second-order valence-corrected chi connectivity index (χ2v) is 1.69. The van der Waals surface area contributed by atoms with Crippen LogP contribution in [0.3, 0.4) is 0 Å². The molecule has 0 heterocycles. The van der Waals surface area contributed by atoms with Gasteiger partial charge in [0.15, 0.2) is 0 Å². The molecule has 0 radical (unpaired) electrons. The second kappa shape index (κ2) is 5.19. The van der Waals surface area contributed by atoms with Crippen molar-refractivity contribution in [2.45, 2.75) is 0 Å². The average molecular weight is 157 g/mol. The van der Waals surface area contributed by atoms with Gasteiger partial charge in [0, 0.05) is 0 Å². The fraction of sp³-hybridized carbons (Fsp3) is 0.750. The van der Waals surface area contributed by atoms with E-state index in [0.717, 1.165) is 0 Å². The zero-order valence-corrected chi connectivity index (χ0v) is 5.71. The zero-order chi connectivity index (χ0) is 6.41. The van der Waals surface area contributed by atoms with Crippen molar-refractivity contribution in [1.82, 2.24) is 0 Å². The predicted octanol–water partition coefficient (Wildman–Crippen LogP) is 1.01. The molecule has 0 aliphatic carbocycles. The summed E-state index contributed by atoms with van der Waals surface area (Å²) in [5.41, 5.74) is 0. The van der Waals surface area contributed by atoms with Crippen molar-refractivity contribution in [3.8, 4) is 0 Å². The molecule has 0 aromatic carbocycles. The van der Waals surface area contributed by atoms with E-state index in [9.17, 15) is 4.79 Å². The molecule has 0 aromatic rings. The maximum Gasteiger partial charge on any atom is 0.320 e. The van der Waals surface area contributed by atoms with Crippen molar-refractivity contribution in [2.75, 3.05) is 18.4 Å². The molecule has 8 heavy (non-hydrogen) atoms. The van der Waals surface area contributed by atoms with Crippen molar-refractivity contribution >= 4 is 29.2 Å². The first kappa shape index (κ1) is 8.05. The fourth-order valence-electron chi connectivity index (χ4n) is 0.191. The van der Waals surface area contributed by atoms with E-state index < -0.39 is 5.97 Å². The topological polar surface area (TPSA) is 26.3 Å². The summed E-state index contributed by atoms with van der Waals surface area (Å²) in [5.74, 6) is -0.202. The van der Waals surface area contributed by atoms with Crippen molar-refractivity contribution < 1.29 is 9.53 Å². The summed E-state index contributed by atoms with van der Waals surface area (Å²) < 4.78 is 4.44. The Morgan fingerprint density at radius 1 is 1.50 bits per heavy atom. The second-order valence-electron chi connectivity index (χ2n) is 1.04. The summed E-state index contributed by atoms with van der Waals surface area (Å²) in [6, 6.07) is 0. The van der Waals surface area contributed by atoms with Crippen LogP contribution in [0.1, 0.15) is 0 Å². The van der Waals surface area contributed by atoms with Gasteiger partial charge in [-0.2, -0.15) is 0 Å². The van der Waals surface area contributed by atoms with E-state index in [0.29, 0.717) is 5.88 Å². The van der Waals surface area contributed by atoms with Gasteiger partial charge in [0.1, 0.15) is 12.5 Å². The maximum absolute atomic E-state index is 10.2. The van der Waals surface area contributed by atoms with Crippen molar-refractivity contribution in [3.05, 3.63) is 0 Å². The maximum atomic E-state index is 10.2. The number of alkyl halides is 2. The minimum atomic E-state index is -0.424. The van der Waals surface area contributed by atoms with E-state index in [1.807, 2.05) is 0 Å². The Balaban J connectivity index is 2.99. The van der Waals surface area contributed by atoms with Crippen LogP contribution in [0.5, 0.6) is 0 Å². The Morgan fingerprint density at radius 2 is 2.12 bits per heavy atom. The Bertz CT molecular complexity index is 74.4. The highest BCUT2D eigenvalue weighted by Gasteiger charge is 1.95. The third-order valence-corrected chi connectivity index (χ3v) is 0.822. The zero-order valence-electron chi connectivity index (χ0n) is 4.19. The van der Waals surface area contributed by atoms with Crippen molar-refractivity contribution in [2.24, 2.45) is 0 Å². The Kier molecular flexibility index (Phi) is 5.22. The van der Waals surface area contributed by atoms with E-state index in [1.54, 1.807) is 0 Å². The number of hydrogen-bond acceptors (Lipinski definition) is 2. The van der Waals surface area contributed by atoms with Gasteiger partial charge in [-0.25, -0.2) is 0 Å². The number of carbonyl (C=O) groups is 1. The fourth-order valence-corrected chi connectivity index (χ4v) is 0.345. The average Bonchev–Trinajstić information content (AvgIpc) is 1.83. The normalized spacial score (nSPS) is 8.75. The molecule has 0 aliphatic rings. The molecule has 0 aliphatic heterocycles. The molecule has 4 heteroatoms. The molecule has 0 atom stereocenters. The van der Waals surface area contributed by atoms with Gasteiger partial charge in [0.25, 0.3) is 0 Å². The molecule has 0 fully saturated rings. The van der Waals surface area contributed by atoms with Gasteiger partial charge in [-0.3, -0.25) is 4.79 Å². The Labute approximate surface area is 57.7 Å². The standard InChI is InChI=1S/C4H6Cl2O2/c5-1-2-8-4(7)3-6/h1-3H2. The third-order valence-electron chi connectivity index (χ3n) is 0.449. The molecular weight excluding hydrogens is 151 g/mol. The van der Waals surface area contributed by atoms with E-state index in [2.05, 4.69) is 4.74 Å². The molecule has 0 N–H and O–H groups in total. The number of halogens is 2. The van der Waals surface area contributed by atoms with Crippen LogP contribution in [0.15, 0.2) is 0 Å². The Hall–Kier alpha value is 0.0500. The minimum absolute atomic E-state index is 0.100. The lowest BCUT2D eigenvalue weighted by Crippen LogP contribution is -2.07. The van der Waals surface area contributed by atoms with Gasteiger partial charge in [0.05, 0.1) is 5.88 Å². The van der Waals surface area contributed by atoms with Crippen LogP contribution in [0.2, 0.25) is 0 Å². The molecule has 0 saturated carbocycles. The van der Waals surface area contributed by atoms with Crippen LogP contribution in [-0.2, 0) is 9.53 Å². The van der Waals surface area contributed by atoms with Gasteiger partial charge < -0.3 is 4.74 Å². The smallest absolute Gasteiger partial charge is 0.320 e. The summed E-state index contributed by atoms with van der Waals surface area (Å²) in [6.45, 7) is 0.243. The largest absolute Gasteiger partial charge is 0.464 e. The molecule has 0 saturated heterocycles. The highest BCUT2D eigenvalue weighted by Crippen LogP contribution is 1.83. The molecular formula is C4H6Cl2O2. The van der Waals surface area contributed by atoms with Crippen molar-refractivity contribution in [1.29, 1.82) is 0 Å². The minimum Gasteiger partial charge on any atom is -0.464 e. The lowest BCUT2D eigenvalue weighted by molar-refractivity contribution is -0.139. The predicted molar refractivity (Wildman–Crippen MR) is 32.4 cm³/mol. The third kappa shape index (κ3) is 4.22.